The van der Waals surface area contributed by atoms with E-state index in [1.807, 2.05) is 24.3 Å². The van der Waals surface area contributed by atoms with Crippen molar-refractivity contribution in [2.45, 2.75) is 18.1 Å². The number of hydrogen-bond acceptors (Lipinski definition) is 7. The van der Waals surface area contributed by atoms with Gasteiger partial charge in [0.1, 0.15) is 12.0 Å². The minimum absolute atomic E-state index is 0.0779. The molecule has 0 bridgehead atoms. The molecule has 2 aromatic carbocycles. The summed E-state index contributed by atoms with van der Waals surface area (Å²) in [6, 6.07) is 16.5. The fourth-order valence-electron chi connectivity index (χ4n) is 4.50. The van der Waals surface area contributed by atoms with Crippen molar-refractivity contribution >= 4 is 17.3 Å². The lowest BCUT2D eigenvalue weighted by atomic mass is 9.85. The van der Waals surface area contributed by atoms with Gasteiger partial charge in [0.05, 0.1) is 6.54 Å². The monoisotopic (exact) mass is 525 g/mol. The number of piperazine rings is 1. The van der Waals surface area contributed by atoms with Gasteiger partial charge in [0.2, 0.25) is 0 Å². The molecule has 11 heteroatoms. The zero-order chi connectivity index (χ0) is 26.0. The summed E-state index contributed by atoms with van der Waals surface area (Å²) in [7, 11) is 2.11. The summed E-state index contributed by atoms with van der Waals surface area (Å²) in [5.74, 6) is -3.80. The fourth-order valence-corrected chi connectivity index (χ4v) is 4.69. The molecular formula is C26H26ClF2N7O. The first-order valence-electron chi connectivity index (χ1n) is 11.8. The average molecular weight is 526 g/mol. The second-order valence-corrected chi connectivity index (χ2v) is 9.66. The van der Waals surface area contributed by atoms with Crippen molar-refractivity contribution in [1.82, 2.24) is 30.1 Å². The molecule has 192 valence electrons. The molecule has 1 aliphatic heterocycles. The highest BCUT2D eigenvalue weighted by molar-refractivity contribution is 6.30. The van der Waals surface area contributed by atoms with Crippen LogP contribution in [0.4, 0.5) is 14.5 Å². The topological polar surface area (TPSA) is 83.2 Å². The standard InChI is InChI=1S/C26H26ClF2N7O/c1-34-11-13-35(14-12-34)23-8-5-19(6-9-23)20-7-10-24(30-16-20)26(28,29)25(37,17-36-18-31-32-33-36)21-3-2-4-22(27)15-21/h2-10,15-16,18,37H,11-14,17H2,1H3. The number of rotatable bonds is 7. The SMILES string of the molecule is CN1CCN(c2ccc(-c3ccc(C(F)(F)C(O)(Cn4cnnn4)c4cccc(Cl)c4)nc3)cc2)CC1. The summed E-state index contributed by atoms with van der Waals surface area (Å²) < 4.78 is 33.0. The molecule has 0 aliphatic carbocycles. The van der Waals surface area contributed by atoms with Crippen LogP contribution in [0, 0.1) is 0 Å². The number of halogens is 3. The van der Waals surface area contributed by atoms with E-state index in [0.717, 1.165) is 48.4 Å². The minimum Gasteiger partial charge on any atom is -0.377 e. The Morgan fingerprint density at radius 3 is 2.32 bits per heavy atom. The van der Waals surface area contributed by atoms with Gasteiger partial charge in [-0.25, -0.2) is 4.68 Å². The van der Waals surface area contributed by atoms with Crippen molar-refractivity contribution in [2.24, 2.45) is 0 Å². The van der Waals surface area contributed by atoms with Crippen LogP contribution in [0.1, 0.15) is 11.3 Å². The average Bonchev–Trinajstić information content (AvgIpc) is 3.42. The maximum atomic E-state index is 16.0. The first kappa shape index (κ1) is 25.2. The molecule has 0 radical (unpaired) electrons. The minimum atomic E-state index is -3.80. The highest BCUT2D eigenvalue weighted by atomic mass is 35.5. The number of tetrazole rings is 1. The number of anilines is 1. The lowest BCUT2D eigenvalue weighted by molar-refractivity contribution is -0.206. The predicted molar refractivity (Wildman–Crippen MR) is 136 cm³/mol. The first-order chi connectivity index (χ1) is 17.8. The molecule has 1 unspecified atom stereocenters. The molecule has 0 saturated carbocycles. The van der Waals surface area contributed by atoms with Crippen LogP contribution in [-0.2, 0) is 18.1 Å². The van der Waals surface area contributed by atoms with Gasteiger partial charge in [-0.3, -0.25) is 4.98 Å². The van der Waals surface area contributed by atoms with Crippen LogP contribution in [0.15, 0.2) is 73.2 Å². The third kappa shape index (κ3) is 5.04. The zero-order valence-corrected chi connectivity index (χ0v) is 20.9. The second-order valence-electron chi connectivity index (χ2n) is 9.22. The smallest absolute Gasteiger partial charge is 0.323 e. The molecule has 1 N–H and O–H groups in total. The normalized spacial score (nSPS) is 16.5. The van der Waals surface area contributed by atoms with Gasteiger partial charge in [-0.2, -0.15) is 8.78 Å². The maximum absolute atomic E-state index is 16.0. The van der Waals surface area contributed by atoms with Gasteiger partial charge < -0.3 is 14.9 Å². The van der Waals surface area contributed by atoms with Crippen LogP contribution in [0.2, 0.25) is 5.02 Å². The summed E-state index contributed by atoms with van der Waals surface area (Å²) >= 11 is 6.06. The number of benzene rings is 2. The van der Waals surface area contributed by atoms with Crippen molar-refractivity contribution < 1.29 is 13.9 Å². The molecule has 4 aromatic rings. The fraction of sp³-hybridized carbons (Fsp3) is 0.308. The molecule has 1 fully saturated rings. The highest BCUT2D eigenvalue weighted by Gasteiger charge is 2.56. The molecular weight excluding hydrogens is 500 g/mol. The quantitative estimate of drug-likeness (QED) is 0.393. The van der Waals surface area contributed by atoms with Crippen LogP contribution >= 0.6 is 11.6 Å². The van der Waals surface area contributed by atoms with Crippen LogP contribution in [-0.4, -0.2) is 68.4 Å². The predicted octanol–water partition coefficient (Wildman–Crippen LogP) is 3.82. The Morgan fingerprint density at radius 2 is 1.70 bits per heavy atom. The molecule has 37 heavy (non-hydrogen) atoms. The van der Waals surface area contributed by atoms with E-state index in [1.54, 1.807) is 12.1 Å². The molecule has 0 amide bonds. The van der Waals surface area contributed by atoms with Gasteiger partial charge in [-0.05, 0) is 58.9 Å². The number of hydrogen-bond donors (Lipinski definition) is 1. The van der Waals surface area contributed by atoms with E-state index >= 15 is 8.78 Å². The number of likely N-dealkylation sites (N-methyl/N-ethyl adjacent to an activating group) is 1. The molecule has 1 aliphatic rings. The van der Waals surface area contributed by atoms with Crippen LogP contribution < -0.4 is 4.90 Å². The van der Waals surface area contributed by atoms with Gasteiger partial charge in [-0.1, -0.05) is 41.9 Å². The lowest BCUT2D eigenvalue weighted by Crippen LogP contribution is -2.47. The van der Waals surface area contributed by atoms with Crippen molar-refractivity contribution in [2.75, 3.05) is 38.1 Å². The van der Waals surface area contributed by atoms with Crippen LogP contribution in [0.25, 0.3) is 11.1 Å². The van der Waals surface area contributed by atoms with Gasteiger partial charge >= 0.3 is 5.92 Å². The lowest BCUT2D eigenvalue weighted by Gasteiger charge is -2.35. The van der Waals surface area contributed by atoms with Crippen molar-refractivity contribution in [3.8, 4) is 11.1 Å². The van der Waals surface area contributed by atoms with E-state index in [4.69, 9.17) is 11.6 Å². The van der Waals surface area contributed by atoms with Gasteiger partial charge in [0.15, 0.2) is 5.60 Å². The molecule has 0 spiro atoms. The number of aliphatic hydroxyl groups is 1. The zero-order valence-electron chi connectivity index (χ0n) is 20.2. The highest BCUT2D eigenvalue weighted by Crippen LogP contribution is 2.46. The third-order valence-electron chi connectivity index (χ3n) is 6.76. The second kappa shape index (κ2) is 10.1. The molecule has 3 heterocycles. The largest absolute Gasteiger partial charge is 0.377 e. The Balaban J connectivity index is 1.42. The van der Waals surface area contributed by atoms with Gasteiger partial charge in [0, 0.05) is 48.6 Å². The summed E-state index contributed by atoms with van der Waals surface area (Å²) in [5.41, 5.74) is -0.699. The molecule has 1 saturated heterocycles. The number of alkyl halides is 2. The van der Waals surface area contributed by atoms with E-state index in [-0.39, 0.29) is 10.6 Å². The summed E-state index contributed by atoms with van der Waals surface area (Å²) in [6.45, 7) is 3.33. The number of nitrogens with zero attached hydrogens (tertiary/aromatic N) is 7. The molecule has 8 nitrogen and oxygen atoms in total. The van der Waals surface area contributed by atoms with Gasteiger partial charge in [-0.15, -0.1) is 5.10 Å². The maximum Gasteiger partial charge on any atom is 0.323 e. The van der Waals surface area contributed by atoms with Crippen LogP contribution in [0.3, 0.4) is 0 Å². The number of aromatic nitrogens is 5. The van der Waals surface area contributed by atoms with Gasteiger partial charge in [0.25, 0.3) is 0 Å². The van der Waals surface area contributed by atoms with Crippen molar-refractivity contribution in [3.05, 3.63) is 89.5 Å². The summed E-state index contributed by atoms with van der Waals surface area (Å²) in [5, 5.41) is 22.3. The Kier molecular flexibility index (Phi) is 6.89. The Bertz CT molecular complexity index is 1330. The third-order valence-corrected chi connectivity index (χ3v) is 6.99. The van der Waals surface area contributed by atoms with Crippen molar-refractivity contribution in [1.29, 1.82) is 0 Å². The van der Waals surface area contributed by atoms with E-state index < -0.39 is 23.8 Å². The van der Waals surface area contributed by atoms with Crippen molar-refractivity contribution in [3.63, 3.8) is 0 Å². The first-order valence-corrected chi connectivity index (χ1v) is 12.2. The van der Waals surface area contributed by atoms with E-state index in [2.05, 4.69) is 37.4 Å². The summed E-state index contributed by atoms with van der Waals surface area (Å²) in [4.78, 5) is 8.69. The van der Waals surface area contributed by atoms with E-state index in [9.17, 15) is 5.11 Å². The Hall–Kier alpha value is -3.47. The molecule has 5 rings (SSSR count). The van der Waals surface area contributed by atoms with Crippen LogP contribution in [0.5, 0.6) is 0 Å². The summed E-state index contributed by atoms with van der Waals surface area (Å²) in [6.07, 6.45) is 2.55. The molecule has 1 atom stereocenters. The van der Waals surface area contributed by atoms with E-state index in [1.165, 1.54) is 30.5 Å². The van der Waals surface area contributed by atoms with E-state index in [0.29, 0.717) is 5.56 Å². The molecule has 2 aromatic heterocycles. The Morgan fingerprint density at radius 1 is 0.973 bits per heavy atom. The Labute approximate surface area is 218 Å². The number of pyridine rings is 1.